The van der Waals surface area contributed by atoms with Gasteiger partial charge in [0.1, 0.15) is 0 Å². The van der Waals surface area contributed by atoms with Crippen LogP contribution in [0.25, 0.3) is 16.8 Å². The van der Waals surface area contributed by atoms with Crippen molar-refractivity contribution in [2.75, 3.05) is 13.4 Å². The number of rotatable bonds is 5. The second-order valence-corrected chi connectivity index (χ2v) is 8.96. The molecule has 30 heavy (non-hydrogen) atoms. The Morgan fingerprint density at radius 1 is 1.20 bits per heavy atom. The van der Waals surface area contributed by atoms with Crippen LogP contribution in [0.5, 0.6) is 0 Å². The summed E-state index contributed by atoms with van der Waals surface area (Å²) in [5.74, 6) is -1.70. The lowest BCUT2D eigenvalue weighted by molar-refractivity contribution is -0.142. The van der Waals surface area contributed by atoms with Crippen LogP contribution in [-0.2, 0) is 31.3 Å². The molecular formula is C19H18F3N3O4S. The topological polar surface area (TPSA) is 90.6 Å². The number of hydrogen-bond donors (Lipinski definition) is 0. The highest BCUT2D eigenvalue weighted by Crippen LogP contribution is 2.34. The second kappa shape index (κ2) is 7.71. The molecule has 0 aliphatic carbocycles. The van der Waals surface area contributed by atoms with Crippen molar-refractivity contribution in [3.8, 4) is 11.1 Å². The zero-order valence-corrected chi connectivity index (χ0v) is 17.1. The number of methoxy groups -OCH3 is 1. The number of aromatic nitrogens is 3. The van der Waals surface area contributed by atoms with E-state index in [1.54, 1.807) is 13.0 Å². The number of carbonyl (C=O) groups excluding carboxylic acids is 1. The first-order valence-electron chi connectivity index (χ1n) is 8.72. The lowest BCUT2D eigenvalue weighted by atomic mass is 10.0. The fourth-order valence-electron chi connectivity index (χ4n) is 3.10. The Morgan fingerprint density at radius 2 is 1.83 bits per heavy atom. The fourth-order valence-corrected chi connectivity index (χ4v) is 3.80. The number of sulfone groups is 1. The minimum Gasteiger partial charge on any atom is -0.469 e. The summed E-state index contributed by atoms with van der Waals surface area (Å²) < 4.78 is 68.7. The molecule has 0 aliphatic rings. The average Bonchev–Trinajstić information content (AvgIpc) is 3.02. The van der Waals surface area contributed by atoms with Crippen LogP contribution in [0.15, 0.2) is 36.5 Å². The first-order chi connectivity index (χ1) is 13.9. The van der Waals surface area contributed by atoms with Crippen molar-refractivity contribution in [1.29, 1.82) is 0 Å². The van der Waals surface area contributed by atoms with Gasteiger partial charge < -0.3 is 4.74 Å². The van der Waals surface area contributed by atoms with Gasteiger partial charge in [0.05, 0.1) is 41.3 Å². The van der Waals surface area contributed by atoms with Gasteiger partial charge in [0.2, 0.25) is 0 Å². The molecule has 0 N–H and O–H groups in total. The van der Waals surface area contributed by atoms with Crippen LogP contribution < -0.4 is 0 Å². The van der Waals surface area contributed by atoms with Gasteiger partial charge in [0.15, 0.2) is 15.5 Å². The minimum absolute atomic E-state index is 0.120. The third kappa shape index (κ3) is 4.30. The van der Waals surface area contributed by atoms with E-state index in [0.717, 1.165) is 18.4 Å². The normalized spacial score (nSPS) is 13.4. The van der Waals surface area contributed by atoms with E-state index in [1.807, 2.05) is 0 Å². The second-order valence-electron chi connectivity index (χ2n) is 6.82. The molecule has 160 valence electrons. The largest absolute Gasteiger partial charge is 0.469 e. The van der Waals surface area contributed by atoms with E-state index >= 15 is 0 Å². The van der Waals surface area contributed by atoms with Gasteiger partial charge in [-0.15, -0.1) is 0 Å². The number of fused-ring (bicyclic) bond motifs is 1. The van der Waals surface area contributed by atoms with Crippen LogP contribution in [0.4, 0.5) is 13.2 Å². The number of esters is 1. The molecular weight excluding hydrogens is 423 g/mol. The number of carbonyl (C=O) groups is 1. The van der Waals surface area contributed by atoms with Gasteiger partial charge >= 0.3 is 12.1 Å². The molecule has 0 fully saturated rings. The molecule has 2 aromatic heterocycles. The van der Waals surface area contributed by atoms with Crippen LogP contribution in [-0.4, -0.2) is 42.4 Å². The average molecular weight is 441 g/mol. The highest BCUT2D eigenvalue weighted by Gasteiger charge is 2.31. The molecule has 0 saturated carbocycles. The molecule has 7 nitrogen and oxygen atoms in total. The maximum absolute atomic E-state index is 12.9. The number of alkyl halides is 3. The van der Waals surface area contributed by atoms with Crippen LogP contribution in [0.1, 0.15) is 29.8 Å². The number of ether oxygens (including phenoxy) is 1. The summed E-state index contributed by atoms with van der Waals surface area (Å²) in [5.41, 5.74) is 0.524. The van der Waals surface area contributed by atoms with E-state index in [4.69, 9.17) is 4.74 Å². The number of nitrogens with zero attached hydrogens (tertiary/aromatic N) is 3. The summed E-state index contributed by atoms with van der Waals surface area (Å²) in [7, 11) is -2.28. The molecule has 3 rings (SSSR count). The van der Waals surface area contributed by atoms with Crippen LogP contribution in [0, 0.1) is 0 Å². The van der Waals surface area contributed by atoms with Gasteiger partial charge in [-0.1, -0.05) is 12.1 Å². The highest BCUT2D eigenvalue weighted by atomic mass is 32.2. The van der Waals surface area contributed by atoms with Crippen molar-refractivity contribution in [2.24, 2.45) is 0 Å². The van der Waals surface area contributed by atoms with Crippen LogP contribution in [0.3, 0.4) is 0 Å². The molecule has 1 aromatic carbocycles. The molecule has 0 spiro atoms. The standard InChI is InChI=1S/C19H18F3N3O4S/c1-11(18(26)29-2)15-8-9-23-17-16(14(24-25(15)17)10-30(3,27)28)12-4-6-13(7-5-12)19(20,21)22/h4-9,11H,10H2,1-3H3. The predicted molar refractivity (Wildman–Crippen MR) is 102 cm³/mol. The van der Waals surface area contributed by atoms with E-state index < -0.39 is 39.2 Å². The Morgan fingerprint density at radius 3 is 2.37 bits per heavy atom. The van der Waals surface area contributed by atoms with E-state index in [-0.39, 0.29) is 16.9 Å². The van der Waals surface area contributed by atoms with Crippen LogP contribution >= 0.6 is 0 Å². The summed E-state index contributed by atoms with van der Waals surface area (Å²) in [6, 6.07) is 5.84. The lowest BCUT2D eigenvalue weighted by Crippen LogP contribution is -2.15. The molecule has 0 aliphatic heterocycles. The predicted octanol–water partition coefficient (Wildman–Crippen LogP) is 3.24. The zero-order chi connectivity index (χ0) is 22.3. The molecule has 1 unspecified atom stereocenters. The Hall–Kier alpha value is -2.95. The molecule has 3 aromatic rings. The van der Waals surface area contributed by atoms with Gasteiger partial charge in [0.25, 0.3) is 0 Å². The highest BCUT2D eigenvalue weighted by molar-refractivity contribution is 7.89. The van der Waals surface area contributed by atoms with Crippen molar-refractivity contribution in [3.63, 3.8) is 0 Å². The Labute approximate surface area is 170 Å². The smallest absolute Gasteiger partial charge is 0.416 e. The van der Waals surface area contributed by atoms with Crippen molar-refractivity contribution < 1.29 is 31.1 Å². The van der Waals surface area contributed by atoms with Crippen molar-refractivity contribution in [2.45, 2.75) is 24.8 Å². The third-order valence-electron chi connectivity index (χ3n) is 4.52. The quantitative estimate of drug-likeness (QED) is 0.565. The van der Waals surface area contributed by atoms with Crippen molar-refractivity contribution in [1.82, 2.24) is 14.6 Å². The SMILES string of the molecule is COC(=O)C(C)c1ccnc2c(-c3ccc(C(F)(F)F)cc3)c(CS(C)(=O)=O)nn12. The maximum Gasteiger partial charge on any atom is 0.416 e. The van der Waals surface area contributed by atoms with Gasteiger partial charge in [-0.2, -0.15) is 18.3 Å². The molecule has 0 amide bonds. The van der Waals surface area contributed by atoms with Crippen molar-refractivity contribution in [3.05, 3.63) is 53.5 Å². The third-order valence-corrected chi connectivity index (χ3v) is 5.32. The van der Waals surface area contributed by atoms with Gasteiger partial charge in [-0.3, -0.25) is 4.79 Å². The number of benzene rings is 1. The molecule has 11 heteroatoms. The molecule has 2 heterocycles. The van der Waals surface area contributed by atoms with Gasteiger partial charge in [-0.05, 0) is 30.7 Å². The fraction of sp³-hybridized carbons (Fsp3) is 0.316. The first kappa shape index (κ1) is 21.8. The zero-order valence-electron chi connectivity index (χ0n) is 16.3. The summed E-state index contributed by atoms with van der Waals surface area (Å²) in [5, 5.41) is 4.33. The lowest BCUT2D eigenvalue weighted by Gasteiger charge is -2.11. The Kier molecular flexibility index (Phi) is 5.59. The van der Waals surface area contributed by atoms with E-state index in [9.17, 15) is 26.4 Å². The Balaban J connectivity index is 2.26. The van der Waals surface area contributed by atoms with E-state index in [0.29, 0.717) is 11.3 Å². The van der Waals surface area contributed by atoms with Gasteiger partial charge in [-0.25, -0.2) is 17.9 Å². The maximum atomic E-state index is 12.9. The molecule has 0 bridgehead atoms. The summed E-state index contributed by atoms with van der Waals surface area (Å²) in [6.45, 7) is 1.59. The Bertz CT molecular complexity index is 1200. The van der Waals surface area contributed by atoms with Gasteiger partial charge in [0, 0.05) is 12.5 Å². The molecule has 0 saturated heterocycles. The number of hydrogen-bond acceptors (Lipinski definition) is 6. The molecule has 1 atom stereocenters. The molecule has 0 radical (unpaired) electrons. The summed E-state index contributed by atoms with van der Waals surface area (Å²) in [6.07, 6.45) is -2.06. The van der Waals surface area contributed by atoms with E-state index in [1.165, 1.54) is 30.0 Å². The monoisotopic (exact) mass is 441 g/mol. The first-order valence-corrected chi connectivity index (χ1v) is 10.8. The minimum atomic E-state index is -4.50. The number of halogens is 3. The summed E-state index contributed by atoms with van der Waals surface area (Å²) >= 11 is 0. The summed E-state index contributed by atoms with van der Waals surface area (Å²) in [4.78, 5) is 16.2. The van der Waals surface area contributed by atoms with Crippen molar-refractivity contribution >= 4 is 21.5 Å². The van der Waals surface area contributed by atoms with E-state index in [2.05, 4.69) is 10.1 Å². The van der Waals surface area contributed by atoms with Crippen LogP contribution in [0.2, 0.25) is 0 Å².